The van der Waals surface area contributed by atoms with E-state index in [9.17, 15) is 21.6 Å². The van der Waals surface area contributed by atoms with Crippen molar-refractivity contribution in [2.75, 3.05) is 0 Å². The molecule has 0 atom stereocenters. The maximum atomic E-state index is 12.1. The molecule has 0 saturated heterocycles. The van der Waals surface area contributed by atoms with E-state index < -0.39 is 36.8 Å². The second-order valence-electron chi connectivity index (χ2n) is 4.45. The van der Waals surface area contributed by atoms with Crippen LogP contribution in [-0.2, 0) is 26.6 Å². The highest BCUT2D eigenvalue weighted by Crippen LogP contribution is 2.14. The van der Waals surface area contributed by atoms with E-state index in [2.05, 4.69) is 0 Å². The molecule has 0 fully saturated rings. The SMILES string of the molecule is NCc1ccc(S(=O)(=O)NC(=O)c2ccc(S(N)(=O)=O)o2)cc1. The quantitative estimate of drug-likeness (QED) is 0.648. The van der Waals surface area contributed by atoms with Crippen LogP contribution >= 0.6 is 0 Å². The van der Waals surface area contributed by atoms with E-state index in [1.165, 1.54) is 24.3 Å². The fourth-order valence-electron chi connectivity index (χ4n) is 1.63. The number of hydrogen-bond acceptors (Lipinski definition) is 7. The summed E-state index contributed by atoms with van der Waals surface area (Å²) in [6.45, 7) is 0.245. The minimum Gasteiger partial charge on any atom is -0.438 e. The van der Waals surface area contributed by atoms with E-state index in [1.54, 1.807) is 4.72 Å². The first kappa shape index (κ1) is 17.1. The Kier molecular flexibility index (Phi) is 4.56. The first-order chi connectivity index (χ1) is 10.6. The van der Waals surface area contributed by atoms with Crippen LogP contribution in [0.2, 0.25) is 0 Å². The molecule has 124 valence electrons. The van der Waals surface area contributed by atoms with Crippen molar-refractivity contribution in [3.8, 4) is 0 Å². The third kappa shape index (κ3) is 3.96. The Morgan fingerprint density at radius 2 is 1.65 bits per heavy atom. The van der Waals surface area contributed by atoms with E-state index in [0.29, 0.717) is 0 Å². The zero-order valence-corrected chi connectivity index (χ0v) is 13.2. The average Bonchev–Trinajstić information content (AvgIpc) is 2.97. The molecular weight excluding hydrogens is 346 g/mol. The second-order valence-corrected chi connectivity index (χ2v) is 7.62. The molecule has 1 aromatic heterocycles. The molecule has 2 rings (SSSR count). The molecule has 1 heterocycles. The lowest BCUT2D eigenvalue weighted by molar-refractivity contribution is 0.0949. The van der Waals surface area contributed by atoms with Gasteiger partial charge in [-0.3, -0.25) is 4.79 Å². The van der Waals surface area contributed by atoms with Crippen molar-refractivity contribution in [1.29, 1.82) is 0 Å². The summed E-state index contributed by atoms with van der Waals surface area (Å²) < 4.78 is 52.7. The van der Waals surface area contributed by atoms with Gasteiger partial charge in [-0.2, -0.15) is 0 Å². The molecule has 0 unspecified atom stereocenters. The maximum absolute atomic E-state index is 12.1. The van der Waals surface area contributed by atoms with Gasteiger partial charge in [-0.25, -0.2) is 26.7 Å². The number of hydrogen-bond donors (Lipinski definition) is 3. The van der Waals surface area contributed by atoms with Crippen LogP contribution < -0.4 is 15.6 Å². The zero-order valence-electron chi connectivity index (χ0n) is 11.6. The molecule has 11 heteroatoms. The highest BCUT2D eigenvalue weighted by Gasteiger charge is 2.22. The number of rotatable bonds is 5. The van der Waals surface area contributed by atoms with E-state index >= 15 is 0 Å². The molecule has 0 bridgehead atoms. The number of carbonyl (C=O) groups is 1. The summed E-state index contributed by atoms with van der Waals surface area (Å²) in [6.07, 6.45) is 0. The van der Waals surface area contributed by atoms with Gasteiger partial charge in [0.2, 0.25) is 5.09 Å². The molecule has 1 aromatic carbocycles. The number of primary sulfonamides is 1. The number of nitrogens with one attached hydrogen (secondary N) is 1. The molecule has 2 aromatic rings. The van der Waals surface area contributed by atoms with Gasteiger partial charge >= 0.3 is 5.91 Å². The van der Waals surface area contributed by atoms with Crippen LogP contribution in [0.1, 0.15) is 16.1 Å². The van der Waals surface area contributed by atoms with Crippen molar-refractivity contribution >= 4 is 26.0 Å². The summed E-state index contributed by atoms with van der Waals surface area (Å²) in [5, 5.41) is 4.19. The third-order valence-corrected chi connectivity index (χ3v) is 4.91. The zero-order chi connectivity index (χ0) is 17.3. The van der Waals surface area contributed by atoms with Gasteiger partial charge < -0.3 is 10.2 Å². The van der Waals surface area contributed by atoms with Crippen molar-refractivity contribution in [3.63, 3.8) is 0 Å². The number of furan rings is 1. The van der Waals surface area contributed by atoms with Crippen molar-refractivity contribution in [2.45, 2.75) is 16.5 Å². The number of carbonyl (C=O) groups excluding carboxylic acids is 1. The first-order valence-electron chi connectivity index (χ1n) is 6.12. The van der Waals surface area contributed by atoms with Crippen LogP contribution in [0, 0.1) is 0 Å². The third-order valence-electron chi connectivity index (χ3n) is 2.78. The van der Waals surface area contributed by atoms with E-state index in [1.807, 2.05) is 0 Å². The smallest absolute Gasteiger partial charge is 0.300 e. The topological polar surface area (TPSA) is 163 Å². The van der Waals surface area contributed by atoms with Gasteiger partial charge in [-0.15, -0.1) is 0 Å². The van der Waals surface area contributed by atoms with Gasteiger partial charge in [-0.1, -0.05) is 12.1 Å². The molecule has 0 aliphatic carbocycles. The van der Waals surface area contributed by atoms with Crippen molar-refractivity contribution < 1.29 is 26.0 Å². The van der Waals surface area contributed by atoms with Crippen LogP contribution in [0.5, 0.6) is 0 Å². The minimum absolute atomic E-state index is 0.152. The molecule has 9 nitrogen and oxygen atoms in total. The van der Waals surface area contributed by atoms with E-state index in [0.717, 1.165) is 17.7 Å². The Morgan fingerprint density at radius 1 is 1.04 bits per heavy atom. The Morgan fingerprint density at radius 3 is 2.13 bits per heavy atom. The lowest BCUT2D eigenvalue weighted by Gasteiger charge is -2.06. The predicted molar refractivity (Wildman–Crippen MR) is 79.1 cm³/mol. The van der Waals surface area contributed by atoms with Gasteiger partial charge in [0.25, 0.3) is 20.0 Å². The van der Waals surface area contributed by atoms with Crippen LogP contribution in [-0.4, -0.2) is 22.7 Å². The molecule has 0 aliphatic heterocycles. The molecular formula is C12H13N3O6S2. The number of sulfonamides is 2. The lowest BCUT2D eigenvalue weighted by atomic mass is 10.2. The van der Waals surface area contributed by atoms with Gasteiger partial charge in [0, 0.05) is 6.54 Å². The monoisotopic (exact) mass is 359 g/mol. The van der Waals surface area contributed by atoms with Crippen molar-refractivity contribution in [2.24, 2.45) is 10.9 Å². The maximum Gasteiger partial charge on any atom is 0.300 e. The van der Waals surface area contributed by atoms with Crippen LogP contribution in [0.15, 0.2) is 50.8 Å². The van der Waals surface area contributed by atoms with E-state index in [-0.39, 0.29) is 11.4 Å². The largest absolute Gasteiger partial charge is 0.438 e. The van der Waals surface area contributed by atoms with Gasteiger partial charge in [0.1, 0.15) is 0 Å². The predicted octanol–water partition coefficient (Wildman–Crippen LogP) is -0.496. The lowest BCUT2D eigenvalue weighted by Crippen LogP contribution is -2.30. The van der Waals surface area contributed by atoms with Gasteiger partial charge in [0.15, 0.2) is 5.76 Å². The summed E-state index contributed by atoms with van der Waals surface area (Å²) >= 11 is 0. The number of amides is 1. The Balaban J connectivity index is 2.22. The van der Waals surface area contributed by atoms with Gasteiger partial charge in [0.05, 0.1) is 4.90 Å². The van der Waals surface area contributed by atoms with E-state index in [4.69, 9.17) is 15.3 Å². The summed E-state index contributed by atoms with van der Waals surface area (Å²) in [6, 6.07) is 7.54. The second kappa shape index (κ2) is 6.12. The number of nitrogens with two attached hydrogens (primary N) is 2. The molecule has 5 N–H and O–H groups in total. The highest BCUT2D eigenvalue weighted by molar-refractivity contribution is 7.90. The highest BCUT2D eigenvalue weighted by atomic mass is 32.2. The summed E-state index contributed by atoms with van der Waals surface area (Å²) in [7, 11) is -8.27. The number of benzene rings is 1. The Hall–Kier alpha value is -2.21. The minimum atomic E-state index is -4.14. The molecule has 0 aliphatic rings. The Bertz CT molecular complexity index is 929. The van der Waals surface area contributed by atoms with Crippen molar-refractivity contribution in [1.82, 2.24) is 4.72 Å². The van der Waals surface area contributed by atoms with Crippen LogP contribution in [0.4, 0.5) is 0 Å². The molecule has 0 saturated carbocycles. The summed E-state index contributed by atoms with van der Waals surface area (Å²) in [4.78, 5) is 11.7. The first-order valence-corrected chi connectivity index (χ1v) is 9.15. The fraction of sp³-hybridized carbons (Fsp3) is 0.0833. The molecule has 0 spiro atoms. The normalized spacial score (nSPS) is 12.1. The standard InChI is InChI=1S/C12H13N3O6S2/c13-7-8-1-3-9(4-2-8)23(19,20)15-12(16)10-5-6-11(21-10)22(14,17)18/h1-6H,7,13H2,(H,15,16)(H2,14,17,18). The average molecular weight is 359 g/mol. The van der Waals surface area contributed by atoms with Gasteiger partial charge in [-0.05, 0) is 29.8 Å². The van der Waals surface area contributed by atoms with Crippen LogP contribution in [0.25, 0.3) is 0 Å². The summed E-state index contributed by atoms with van der Waals surface area (Å²) in [5.41, 5.74) is 6.13. The Labute approximate surface area is 132 Å². The van der Waals surface area contributed by atoms with Crippen molar-refractivity contribution in [3.05, 3.63) is 47.7 Å². The molecule has 1 amide bonds. The summed E-state index contributed by atoms with van der Waals surface area (Å²) in [5.74, 6) is -1.63. The fourth-order valence-corrected chi connectivity index (χ4v) is 3.05. The van der Waals surface area contributed by atoms with Crippen LogP contribution in [0.3, 0.4) is 0 Å². The molecule has 23 heavy (non-hydrogen) atoms. The molecule has 0 radical (unpaired) electrons.